The minimum atomic E-state index is -4.18. The van der Waals surface area contributed by atoms with E-state index in [-0.39, 0.29) is 18.7 Å². The summed E-state index contributed by atoms with van der Waals surface area (Å²) >= 11 is 0. The molecule has 1 fully saturated rings. The molecule has 1 aromatic rings. The van der Waals surface area contributed by atoms with Crippen molar-refractivity contribution in [2.45, 2.75) is 37.9 Å². The molecule has 1 aliphatic rings. The Balaban J connectivity index is 1.96. The van der Waals surface area contributed by atoms with Crippen molar-refractivity contribution in [3.05, 3.63) is 23.9 Å². The molecule has 2 atom stereocenters. The zero-order valence-corrected chi connectivity index (χ0v) is 12.7. The zero-order chi connectivity index (χ0) is 16.3. The van der Waals surface area contributed by atoms with Gasteiger partial charge in [-0.1, -0.05) is 6.42 Å². The van der Waals surface area contributed by atoms with Gasteiger partial charge in [-0.15, -0.1) is 0 Å². The van der Waals surface area contributed by atoms with Gasteiger partial charge in [0.25, 0.3) is 5.91 Å². The summed E-state index contributed by atoms with van der Waals surface area (Å²) in [6, 6.07) is 2.90. The zero-order valence-electron chi connectivity index (χ0n) is 12.7. The molecule has 22 heavy (non-hydrogen) atoms. The average molecular weight is 315 g/mol. The van der Waals surface area contributed by atoms with Crippen LogP contribution in [-0.2, 0) is 0 Å². The standard InChI is InChI=1S/C15H20F3N3O/c1-21(2)13-7-6-10(9-19-13)14(22)20-12-5-3-4-11(8-12)15(16,17)18/h6-7,9,11-12H,3-5,8H2,1-2H3,(H,20,22). The van der Waals surface area contributed by atoms with Gasteiger partial charge in [-0.05, 0) is 31.4 Å². The quantitative estimate of drug-likeness (QED) is 0.932. The van der Waals surface area contributed by atoms with E-state index in [4.69, 9.17) is 0 Å². The third-order valence-electron chi connectivity index (χ3n) is 3.94. The summed E-state index contributed by atoms with van der Waals surface area (Å²) in [4.78, 5) is 18.0. The van der Waals surface area contributed by atoms with Crippen molar-refractivity contribution >= 4 is 11.7 Å². The van der Waals surface area contributed by atoms with Crippen molar-refractivity contribution in [3.63, 3.8) is 0 Å². The number of carbonyl (C=O) groups is 1. The van der Waals surface area contributed by atoms with Gasteiger partial charge in [0, 0.05) is 26.3 Å². The van der Waals surface area contributed by atoms with Crippen LogP contribution in [0.5, 0.6) is 0 Å². The molecule has 0 radical (unpaired) electrons. The third-order valence-corrected chi connectivity index (χ3v) is 3.94. The van der Waals surface area contributed by atoms with E-state index >= 15 is 0 Å². The molecule has 122 valence electrons. The van der Waals surface area contributed by atoms with Gasteiger partial charge in [0.05, 0.1) is 11.5 Å². The van der Waals surface area contributed by atoms with Crippen molar-refractivity contribution in [2.24, 2.45) is 5.92 Å². The maximum absolute atomic E-state index is 12.8. The van der Waals surface area contributed by atoms with Crippen molar-refractivity contribution in [3.8, 4) is 0 Å². The molecule has 1 heterocycles. The Hall–Kier alpha value is -1.79. The summed E-state index contributed by atoms with van der Waals surface area (Å²) in [5, 5.41) is 2.69. The second kappa shape index (κ2) is 6.54. The highest BCUT2D eigenvalue weighted by molar-refractivity contribution is 5.94. The molecule has 0 aromatic carbocycles. The maximum Gasteiger partial charge on any atom is 0.391 e. The second-order valence-electron chi connectivity index (χ2n) is 5.88. The lowest BCUT2D eigenvalue weighted by Gasteiger charge is -2.31. The first-order valence-electron chi connectivity index (χ1n) is 7.28. The number of alkyl halides is 3. The number of hydrogen-bond donors (Lipinski definition) is 1. The van der Waals surface area contributed by atoms with Gasteiger partial charge in [0.2, 0.25) is 0 Å². The first-order valence-corrected chi connectivity index (χ1v) is 7.28. The fourth-order valence-corrected chi connectivity index (χ4v) is 2.67. The van der Waals surface area contributed by atoms with Gasteiger partial charge < -0.3 is 10.2 Å². The van der Waals surface area contributed by atoms with Crippen molar-refractivity contribution < 1.29 is 18.0 Å². The number of nitrogens with one attached hydrogen (secondary N) is 1. The van der Waals surface area contributed by atoms with Crippen LogP contribution in [0.25, 0.3) is 0 Å². The Morgan fingerprint density at radius 1 is 1.32 bits per heavy atom. The van der Waals surface area contributed by atoms with Gasteiger partial charge >= 0.3 is 6.18 Å². The van der Waals surface area contributed by atoms with Gasteiger partial charge in [0.1, 0.15) is 5.82 Å². The van der Waals surface area contributed by atoms with Crippen LogP contribution in [0.2, 0.25) is 0 Å². The van der Waals surface area contributed by atoms with Crippen LogP contribution < -0.4 is 10.2 Å². The van der Waals surface area contributed by atoms with E-state index in [9.17, 15) is 18.0 Å². The highest BCUT2D eigenvalue weighted by Gasteiger charge is 2.42. The lowest BCUT2D eigenvalue weighted by atomic mass is 9.85. The third kappa shape index (κ3) is 4.11. The fourth-order valence-electron chi connectivity index (χ4n) is 2.67. The minimum absolute atomic E-state index is 0.0432. The molecule has 4 nitrogen and oxygen atoms in total. The molecule has 1 amide bonds. The molecule has 1 saturated carbocycles. The second-order valence-corrected chi connectivity index (χ2v) is 5.88. The Morgan fingerprint density at radius 2 is 2.05 bits per heavy atom. The minimum Gasteiger partial charge on any atom is -0.363 e. The molecular weight excluding hydrogens is 295 g/mol. The van der Waals surface area contributed by atoms with E-state index in [1.807, 2.05) is 14.1 Å². The molecule has 0 bridgehead atoms. The lowest BCUT2D eigenvalue weighted by molar-refractivity contribution is -0.183. The molecule has 2 rings (SSSR count). The number of nitrogens with zero attached hydrogens (tertiary/aromatic N) is 2. The molecule has 1 aliphatic carbocycles. The highest BCUT2D eigenvalue weighted by Crippen LogP contribution is 2.37. The SMILES string of the molecule is CN(C)c1ccc(C(=O)NC2CCCC(C(F)(F)F)C2)cn1. The summed E-state index contributed by atoms with van der Waals surface area (Å²) in [5.41, 5.74) is 0.361. The monoisotopic (exact) mass is 315 g/mol. The number of pyridine rings is 1. The smallest absolute Gasteiger partial charge is 0.363 e. The van der Waals surface area contributed by atoms with E-state index < -0.39 is 18.1 Å². The normalized spacial score (nSPS) is 22.2. The summed E-state index contributed by atoms with van der Waals surface area (Å²) in [7, 11) is 3.67. The van der Waals surface area contributed by atoms with Gasteiger partial charge in [-0.2, -0.15) is 13.2 Å². The van der Waals surface area contributed by atoms with Crippen LogP contribution in [-0.4, -0.2) is 37.2 Å². The van der Waals surface area contributed by atoms with Crippen LogP contribution in [0.3, 0.4) is 0 Å². The molecule has 0 aliphatic heterocycles. The van der Waals surface area contributed by atoms with Crippen LogP contribution in [0.1, 0.15) is 36.0 Å². The Kier molecular flexibility index (Phi) is 4.93. The van der Waals surface area contributed by atoms with Crippen LogP contribution in [0, 0.1) is 5.92 Å². The van der Waals surface area contributed by atoms with E-state index in [0.29, 0.717) is 24.2 Å². The predicted molar refractivity (Wildman–Crippen MR) is 77.8 cm³/mol. The number of anilines is 1. The number of amides is 1. The van der Waals surface area contributed by atoms with E-state index in [2.05, 4.69) is 10.3 Å². The summed E-state index contributed by atoms with van der Waals surface area (Å²) in [6.45, 7) is 0. The fraction of sp³-hybridized carbons (Fsp3) is 0.600. The highest BCUT2D eigenvalue weighted by atomic mass is 19.4. The lowest BCUT2D eigenvalue weighted by Crippen LogP contribution is -2.41. The van der Waals surface area contributed by atoms with Crippen LogP contribution in [0.4, 0.5) is 19.0 Å². The predicted octanol–water partition coefficient (Wildman–Crippen LogP) is 3.00. The number of aromatic nitrogens is 1. The Labute approximate surface area is 127 Å². The summed E-state index contributed by atoms with van der Waals surface area (Å²) < 4.78 is 38.3. The van der Waals surface area contributed by atoms with Gasteiger partial charge in [0.15, 0.2) is 0 Å². The van der Waals surface area contributed by atoms with Crippen molar-refractivity contribution in [2.75, 3.05) is 19.0 Å². The largest absolute Gasteiger partial charge is 0.391 e. The molecular formula is C15H20F3N3O. The first-order chi connectivity index (χ1) is 10.3. The average Bonchev–Trinajstić information content (AvgIpc) is 2.46. The topological polar surface area (TPSA) is 45.2 Å². The summed E-state index contributed by atoms with van der Waals surface area (Å²) in [5.74, 6) is -0.974. The Bertz CT molecular complexity index is 514. The number of halogens is 3. The van der Waals surface area contributed by atoms with Crippen molar-refractivity contribution in [1.29, 1.82) is 0 Å². The molecule has 7 heteroatoms. The number of hydrogen-bond acceptors (Lipinski definition) is 3. The number of carbonyl (C=O) groups excluding carboxylic acids is 1. The van der Waals surface area contributed by atoms with Crippen LogP contribution >= 0.6 is 0 Å². The summed E-state index contributed by atoms with van der Waals surface area (Å²) in [6.07, 6.45) is -1.57. The molecule has 2 unspecified atom stereocenters. The van der Waals surface area contributed by atoms with E-state index in [1.165, 1.54) is 6.20 Å². The van der Waals surface area contributed by atoms with Gasteiger partial charge in [-0.3, -0.25) is 4.79 Å². The van der Waals surface area contributed by atoms with Crippen molar-refractivity contribution in [1.82, 2.24) is 10.3 Å². The maximum atomic E-state index is 12.8. The van der Waals surface area contributed by atoms with E-state index in [0.717, 1.165) is 0 Å². The first kappa shape index (κ1) is 16.6. The molecule has 0 saturated heterocycles. The Morgan fingerprint density at radius 3 is 2.59 bits per heavy atom. The number of rotatable bonds is 3. The van der Waals surface area contributed by atoms with E-state index in [1.54, 1.807) is 17.0 Å². The molecule has 1 aromatic heterocycles. The van der Waals surface area contributed by atoms with Crippen LogP contribution in [0.15, 0.2) is 18.3 Å². The molecule has 1 N–H and O–H groups in total. The van der Waals surface area contributed by atoms with Gasteiger partial charge in [-0.25, -0.2) is 4.98 Å². The molecule has 0 spiro atoms.